The van der Waals surface area contributed by atoms with Crippen molar-refractivity contribution in [1.82, 2.24) is 0 Å². The Hall–Kier alpha value is -1.31. The molecular formula is C10H14N2. The summed E-state index contributed by atoms with van der Waals surface area (Å²) in [7, 11) is 0. The minimum atomic E-state index is 0.579. The Morgan fingerprint density at radius 3 is 2.25 bits per heavy atom. The highest BCUT2D eigenvalue weighted by Gasteiger charge is 1.97. The summed E-state index contributed by atoms with van der Waals surface area (Å²) >= 11 is 0. The molecule has 0 radical (unpaired) electrons. The van der Waals surface area contributed by atoms with Crippen molar-refractivity contribution in [3.8, 4) is 0 Å². The molecule has 0 aliphatic heterocycles. The van der Waals surface area contributed by atoms with Crippen molar-refractivity contribution in [1.29, 1.82) is 0 Å². The smallest absolute Gasteiger partial charge is 0.0561 e. The standard InChI is InChI=1S/C10H14N2/c1-8(2)9-4-6-10(7-5-9)12-11-3/h4-8,12H,3H2,1-2H3. The van der Waals surface area contributed by atoms with Gasteiger partial charge in [-0.15, -0.1) is 0 Å². The maximum Gasteiger partial charge on any atom is 0.0561 e. The van der Waals surface area contributed by atoms with E-state index in [1.54, 1.807) is 0 Å². The fraction of sp³-hybridized carbons (Fsp3) is 0.300. The molecule has 0 spiro atoms. The summed E-state index contributed by atoms with van der Waals surface area (Å²) in [5.41, 5.74) is 5.11. The zero-order valence-electron chi connectivity index (χ0n) is 7.54. The van der Waals surface area contributed by atoms with Gasteiger partial charge in [0.15, 0.2) is 0 Å². The maximum atomic E-state index is 3.58. The Bertz CT molecular complexity index is 249. The van der Waals surface area contributed by atoms with Crippen molar-refractivity contribution in [2.45, 2.75) is 19.8 Å². The highest BCUT2D eigenvalue weighted by Crippen LogP contribution is 2.16. The van der Waals surface area contributed by atoms with Crippen LogP contribution in [0.15, 0.2) is 29.4 Å². The van der Waals surface area contributed by atoms with Gasteiger partial charge in [-0.1, -0.05) is 26.0 Å². The van der Waals surface area contributed by atoms with Gasteiger partial charge in [0, 0.05) is 6.72 Å². The highest BCUT2D eigenvalue weighted by molar-refractivity contribution is 5.46. The molecule has 64 valence electrons. The third-order valence-corrected chi connectivity index (χ3v) is 1.79. The summed E-state index contributed by atoms with van der Waals surface area (Å²) in [6, 6.07) is 8.20. The Morgan fingerprint density at radius 1 is 1.25 bits per heavy atom. The molecule has 0 aliphatic carbocycles. The molecule has 0 aromatic heterocycles. The Kier molecular flexibility index (Phi) is 2.86. The summed E-state index contributed by atoms with van der Waals surface area (Å²) in [6.07, 6.45) is 0. The monoisotopic (exact) mass is 162 g/mol. The SMILES string of the molecule is C=NNc1ccc(C(C)C)cc1. The molecule has 1 N–H and O–H groups in total. The van der Waals surface area contributed by atoms with E-state index in [4.69, 9.17) is 0 Å². The number of hydrogen-bond acceptors (Lipinski definition) is 2. The fourth-order valence-electron chi connectivity index (χ4n) is 1.03. The molecule has 1 aromatic rings. The van der Waals surface area contributed by atoms with E-state index in [-0.39, 0.29) is 0 Å². The average Bonchev–Trinajstić information content (AvgIpc) is 2.06. The van der Waals surface area contributed by atoms with Gasteiger partial charge in [0.05, 0.1) is 5.69 Å². The fourth-order valence-corrected chi connectivity index (χ4v) is 1.03. The van der Waals surface area contributed by atoms with Crippen LogP contribution >= 0.6 is 0 Å². The predicted octanol–water partition coefficient (Wildman–Crippen LogP) is 2.84. The molecule has 0 saturated heterocycles. The molecule has 12 heavy (non-hydrogen) atoms. The van der Waals surface area contributed by atoms with Gasteiger partial charge in [-0.3, -0.25) is 5.43 Å². The van der Waals surface area contributed by atoms with E-state index in [1.165, 1.54) is 5.56 Å². The molecule has 0 unspecified atom stereocenters. The second-order valence-electron chi connectivity index (χ2n) is 3.05. The number of benzene rings is 1. The van der Waals surface area contributed by atoms with E-state index in [2.05, 4.69) is 43.2 Å². The largest absolute Gasteiger partial charge is 0.279 e. The third kappa shape index (κ3) is 2.09. The molecule has 0 bridgehead atoms. The Balaban J connectivity index is 2.78. The molecule has 0 amide bonds. The van der Waals surface area contributed by atoms with E-state index >= 15 is 0 Å². The Labute approximate surface area is 73.3 Å². The first-order valence-electron chi connectivity index (χ1n) is 4.05. The summed E-state index contributed by atoms with van der Waals surface area (Å²) in [4.78, 5) is 0. The van der Waals surface area contributed by atoms with Gasteiger partial charge in [-0.2, -0.15) is 5.10 Å². The van der Waals surface area contributed by atoms with Crippen LogP contribution < -0.4 is 5.43 Å². The number of nitrogens with zero attached hydrogens (tertiary/aromatic N) is 1. The van der Waals surface area contributed by atoms with E-state index in [9.17, 15) is 0 Å². The number of nitrogens with one attached hydrogen (secondary N) is 1. The van der Waals surface area contributed by atoms with Crippen LogP contribution in [0, 0.1) is 0 Å². The lowest BCUT2D eigenvalue weighted by atomic mass is 10.0. The molecule has 1 aromatic carbocycles. The lowest BCUT2D eigenvalue weighted by Crippen LogP contribution is -1.89. The van der Waals surface area contributed by atoms with Crippen molar-refractivity contribution in [2.75, 3.05) is 5.43 Å². The van der Waals surface area contributed by atoms with Crippen molar-refractivity contribution in [2.24, 2.45) is 5.10 Å². The number of rotatable bonds is 3. The molecule has 2 heteroatoms. The van der Waals surface area contributed by atoms with Crippen LogP contribution in [-0.4, -0.2) is 6.72 Å². The van der Waals surface area contributed by atoms with E-state index in [1.807, 2.05) is 12.1 Å². The molecule has 2 nitrogen and oxygen atoms in total. The van der Waals surface area contributed by atoms with E-state index < -0.39 is 0 Å². The minimum absolute atomic E-state index is 0.579. The van der Waals surface area contributed by atoms with Crippen molar-refractivity contribution >= 4 is 12.4 Å². The first-order chi connectivity index (χ1) is 5.74. The average molecular weight is 162 g/mol. The molecular weight excluding hydrogens is 148 g/mol. The zero-order valence-corrected chi connectivity index (χ0v) is 7.54. The first kappa shape index (κ1) is 8.78. The summed E-state index contributed by atoms with van der Waals surface area (Å²) in [5, 5.41) is 3.58. The second-order valence-corrected chi connectivity index (χ2v) is 3.05. The molecule has 0 saturated carbocycles. The van der Waals surface area contributed by atoms with Crippen LogP contribution in [0.25, 0.3) is 0 Å². The lowest BCUT2D eigenvalue weighted by Gasteiger charge is -2.05. The van der Waals surface area contributed by atoms with Gasteiger partial charge in [0.1, 0.15) is 0 Å². The van der Waals surface area contributed by atoms with Gasteiger partial charge in [0.2, 0.25) is 0 Å². The highest BCUT2D eigenvalue weighted by atomic mass is 15.3. The lowest BCUT2D eigenvalue weighted by molar-refractivity contribution is 0.867. The predicted molar refractivity (Wildman–Crippen MR) is 53.7 cm³/mol. The van der Waals surface area contributed by atoms with Gasteiger partial charge in [0.25, 0.3) is 0 Å². The summed E-state index contributed by atoms with van der Waals surface area (Å²) < 4.78 is 0. The van der Waals surface area contributed by atoms with Crippen LogP contribution in [-0.2, 0) is 0 Å². The van der Waals surface area contributed by atoms with E-state index in [0.29, 0.717) is 5.92 Å². The molecule has 1 rings (SSSR count). The van der Waals surface area contributed by atoms with Crippen LogP contribution in [0.4, 0.5) is 5.69 Å². The van der Waals surface area contributed by atoms with E-state index in [0.717, 1.165) is 5.69 Å². The summed E-state index contributed by atoms with van der Waals surface area (Å²) in [6.45, 7) is 7.70. The van der Waals surface area contributed by atoms with Crippen LogP contribution in [0.3, 0.4) is 0 Å². The third-order valence-electron chi connectivity index (χ3n) is 1.79. The number of anilines is 1. The van der Waals surface area contributed by atoms with Crippen molar-refractivity contribution in [3.05, 3.63) is 29.8 Å². The summed E-state index contributed by atoms with van der Waals surface area (Å²) in [5.74, 6) is 0.579. The quantitative estimate of drug-likeness (QED) is 0.536. The van der Waals surface area contributed by atoms with Crippen LogP contribution in [0.5, 0.6) is 0 Å². The maximum absolute atomic E-state index is 3.58. The van der Waals surface area contributed by atoms with Gasteiger partial charge in [-0.25, -0.2) is 0 Å². The number of hydrogen-bond donors (Lipinski definition) is 1. The normalized spacial score (nSPS) is 9.92. The first-order valence-corrected chi connectivity index (χ1v) is 4.05. The van der Waals surface area contributed by atoms with Crippen molar-refractivity contribution < 1.29 is 0 Å². The molecule has 0 aliphatic rings. The Morgan fingerprint density at radius 2 is 1.83 bits per heavy atom. The minimum Gasteiger partial charge on any atom is -0.279 e. The number of hydrazone groups is 1. The van der Waals surface area contributed by atoms with Crippen LogP contribution in [0.2, 0.25) is 0 Å². The molecule has 0 atom stereocenters. The topological polar surface area (TPSA) is 24.4 Å². The zero-order chi connectivity index (χ0) is 8.97. The van der Waals surface area contributed by atoms with Gasteiger partial charge < -0.3 is 0 Å². The van der Waals surface area contributed by atoms with Crippen LogP contribution in [0.1, 0.15) is 25.3 Å². The van der Waals surface area contributed by atoms with Gasteiger partial charge >= 0.3 is 0 Å². The van der Waals surface area contributed by atoms with Crippen molar-refractivity contribution in [3.63, 3.8) is 0 Å². The second kappa shape index (κ2) is 3.90. The molecule has 0 heterocycles. The molecule has 0 fully saturated rings. The van der Waals surface area contributed by atoms with Gasteiger partial charge in [-0.05, 0) is 23.6 Å².